The summed E-state index contributed by atoms with van der Waals surface area (Å²) in [5.74, 6) is -0.257. The van der Waals surface area contributed by atoms with Crippen molar-refractivity contribution in [1.82, 2.24) is 9.78 Å². The van der Waals surface area contributed by atoms with Gasteiger partial charge in [0.25, 0.3) is 0 Å². The molecule has 0 aliphatic heterocycles. The molecule has 0 amide bonds. The zero-order chi connectivity index (χ0) is 14.5. The van der Waals surface area contributed by atoms with Crippen molar-refractivity contribution >= 4 is 5.97 Å². The minimum absolute atomic E-state index is 0.0394. The second kappa shape index (κ2) is 6.23. The van der Waals surface area contributed by atoms with Crippen LogP contribution in [0, 0.1) is 6.92 Å². The lowest BCUT2D eigenvalue weighted by Crippen LogP contribution is -2.08. The highest BCUT2D eigenvalue weighted by atomic mass is 16.5. The number of rotatable bonds is 6. The Morgan fingerprint density at radius 1 is 1.40 bits per heavy atom. The van der Waals surface area contributed by atoms with Crippen molar-refractivity contribution in [3.05, 3.63) is 47.3 Å². The van der Waals surface area contributed by atoms with E-state index in [1.807, 2.05) is 36.7 Å². The van der Waals surface area contributed by atoms with E-state index in [1.54, 1.807) is 12.1 Å². The molecule has 2 rings (SSSR count). The van der Waals surface area contributed by atoms with Gasteiger partial charge >= 0.3 is 5.97 Å². The van der Waals surface area contributed by atoms with Gasteiger partial charge in [-0.15, -0.1) is 0 Å². The summed E-state index contributed by atoms with van der Waals surface area (Å²) in [6.45, 7) is 5.12. The summed E-state index contributed by atoms with van der Waals surface area (Å²) in [6, 6.07) is 9.18. The van der Waals surface area contributed by atoms with Gasteiger partial charge in [0.2, 0.25) is 0 Å². The lowest BCUT2D eigenvalue weighted by Gasteiger charge is -2.11. The molecule has 2 aromatic rings. The molecule has 106 valence electrons. The molecule has 1 N–H and O–H groups in total. The standard InChI is InChI=1S/C15H18N2O3/c1-3-17-13(8-11(2)16-17)10-20-14-7-5-4-6-12(14)9-15(18)19/h4-8H,3,9-10H2,1-2H3,(H,18,19). The highest BCUT2D eigenvalue weighted by molar-refractivity contribution is 5.71. The molecule has 0 saturated heterocycles. The summed E-state index contributed by atoms with van der Waals surface area (Å²) in [7, 11) is 0. The van der Waals surface area contributed by atoms with Gasteiger partial charge < -0.3 is 9.84 Å². The summed E-state index contributed by atoms with van der Waals surface area (Å²) < 4.78 is 7.64. The van der Waals surface area contributed by atoms with Crippen molar-refractivity contribution < 1.29 is 14.6 Å². The number of aromatic nitrogens is 2. The molecule has 20 heavy (non-hydrogen) atoms. The SMILES string of the molecule is CCn1nc(C)cc1COc1ccccc1CC(=O)O. The Bertz CT molecular complexity index is 605. The van der Waals surface area contributed by atoms with Gasteiger partial charge in [0, 0.05) is 12.1 Å². The molecule has 0 spiro atoms. The molecule has 0 saturated carbocycles. The van der Waals surface area contributed by atoms with Crippen LogP contribution in [0.4, 0.5) is 0 Å². The number of hydrogen-bond donors (Lipinski definition) is 1. The molecule has 5 heteroatoms. The Labute approximate surface area is 117 Å². The fourth-order valence-corrected chi connectivity index (χ4v) is 2.09. The maximum Gasteiger partial charge on any atom is 0.307 e. The molecule has 0 radical (unpaired) electrons. The lowest BCUT2D eigenvalue weighted by molar-refractivity contribution is -0.136. The van der Waals surface area contributed by atoms with Crippen LogP contribution >= 0.6 is 0 Å². The third kappa shape index (κ3) is 3.38. The number of hydrogen-bond acceptors (Lipinski definition) is 3. The van der Waals surface area contributed by atoms with Gasteiger partial charge in [0.15, 0.2) is 0 Å². The van der Waals surface area contributed by atoms with Crippen LogP contribution < -0.4 is 4.74 Å². The van der Waals surface area contributed by atoms with E-state index in [1.165, 1.54) is 0 Å². The Balaban J connectivity index is 2.12. The fraction of sp³-hybridized carbons (Fsp3) is 0.333. The number of aryl methyl sites for hydroxylation is 2. The first kappa shape index (κ1) is 14.1. The second-order valence-electron chi connectivity index (χ2n) is 4.56. The number of carboxylic acids is 1. The van der Waals surface area contributed by atoms with Gasteiger partial charge in [-0.05, 0) is 26.0 Å². The van der Waals surface area contributed by atoms with Gasteiger partial charge in [0.05, 0.1) is 17.8 Å². The monoisotopic (exact) mass is 274 g/mol. The average molecular weight is 274 g/mol. The zero-order valence-corrected chi connectivity index (χ0v) is 11.7. The highest BCUT2D eigenvalue weighted by Gasteiger charge is 2.09. The zero-order valence-electron chi connectivity index (χ0n) is 11.7. The van der Waals surface area contributed by atoms with E-state index in [0.29, 0.717) is 17.9 Å². The van der Waals surface area contributed by atoms with Crippen molar-refractivity contribution in [2.24, 2.45) is 0 Å². The molecule has 0 bridgehead atoms. The molecule has 0 aliphatic carbocycles. The summed E-state index contributed by atoms with van der Waals surface area (Å²) in [6.07, 6.45) is -0.0394. The van der Waals surface area contributed by atoms with Gasteiger partial charge in [-0.1, -0.05) is 18.2 Å². The van der Waals surface area contributed by atoms with Crippen molar-refractivity contribution in [1.29, 1.82) is 0 Å². The van der Waals surface area contributed by atoms with E-state index in [0.717, 1.165) is 17.9 Å². The predicted octanol–water partition coefficient (Wildman–Crippen LogP) is 2.42. The number of nitrogens with zero attached hydrogens (tertiary/aromatic N) is 2. The first-order valence-electron chi connectivity index (χ1n) is 6.56. The summed E-state index contributed by atoms with van der Waals surface area (Å²) in [5.41, 5.74) is 2.61. The largest absolute Gasteiger partial charge is 0.487 e. The number of carboxylic acid groups (broad SMARTS) is 1. The molecule has 1 aromatic carbocycles. The first-order chi connectivity index (χ1) is 9.60. The van der Waals surface area contributed by atoms with E-state index in [2.05, 4.69) is 5.10 Å². The van der Waals surface area contributed by atoms with Crippen molar-refractivity contribution in [2.75, 3.05) is 0 Å². The molecule has 0 aliphatic rings. The number of aliphatic carboxylic acids is 1. The molecule has 1 heterocycles. The number of para-hydroxylation sites is 1. The minimum Gasteiger partial charge on any atom is -0.487 e. The van der Waals surface area contributed by atoms with Crippen LogP contribution in [0.2, 0.25) is 0 Å². The molecule has 5 nitrogen and oxygen atoms in total. The maximum atomic E-state index is 10.8. The van der Waals surface area contributed by atoms with E-state index >= 15 is 0 Å². The van der Waals surface area contributed by atoms with E-state index in [9.17, 15) is 4.79 Å². The summed E-state index contributed by atoms with van der Waals surface area (Å²) >= 11 is 0. The van der Waals surface area contributed by atoms with E-state index in [-0.39, 0.29) is 6.42 Å². The average Bonchev–Trinajstić information content (AvgIpc) is 2.77. The number of ether oxygens (including phenoxy) is 1. The predicted molar refractivity (Wildman–Crippen MR) is 74.8 cm³/mol. The molecular weight excluding hydrogens is 256 g/mol. The molecule has 0 unspecified atom stereocenters. The van der Waals surface area contributed by atoms with Gasteiger partial charge in [0.1, 0.15) is 12.4 Å². The van der Waals surface area contributed by atoms with Gasteiger partial charge in [-0.25, -0.2) is 0 Å². The Hall–Kier alpha value is -2.30. The van der Waals surface area contributed by atoms with Crippen LogP contribution in [0.3, 0.4) is 0 Å². The van der Waals surface area contributed by atoms with Crippen LogP contribution in [0.1, 0.15) is 23.9 Å². The Kier molecular flexibility index (Phi) is 4.40. The molecule has 1 aromatic heterocycles. The van der Waals surface area contributed by atoms with Gasteiger partial charge in [-0.2, -0.15) is 5.10 Å². The number of carbonyl (C=O) groups is 1. The van der Waals surface area contributed by atoms with E-state index in [4.69, 9.17) is 9.84 Å². The third-order valence-corrected chi connectivity index (χ3v) is 2.97. The molecule has 0 fully saturated rings. The molecular formula is C15H18N2O3. The maximum absolute atomic E-state index is 10.8. The molecule has 0 atom stereocenters. The van der Waals surface area contributed by atoms with Crippen LogP contribution in [0.25, 0.3) is 0 Å². The Morgan fingerprint density at radius 2 is 2.15 bits per heavy atom. The highest BCUT2D eigenvalue weighted by Crippen LogP contribution is 2.20. The summed E-state index contributed by atoms with van der Waals surface area (Å²) in [4.78, 5) is 10.8. The van der Waals surface area contributed by atoms with Crippen LogP contribution in [0.15, 0.2) is 30.3 Å². The summed E-state index contributed by atoms with van der Waals surface area (Å²) in [5, 5.41) is 13.2. The number of benzene rings is 1. The van der Waals surface area contributed by atoms with Crippen LogP contribution in [0.5, 0.6) is 5.75 Å². The van der Waals surface area contributed by atoms with Crippen LogP contribution in [-0.2, 0) is 24.4 Å². The van der Waals surface area contributed by atoms with Crippen molar-refractivity contribution in [2.45, 2.75) is 33.4 Å². The minimum atomic E-state index is -0.865. The third-order valence-electron chi connectivity index (χ3n) is 2.97. The quantitative estimate of drug-likeness (QED) is 0.878. The van der Waals surface area contributed by atoms with Crippen molar-refractivity contribution in [3.63, 3.8) is 0 Å². The first-order valence-corrected chi connectivity index (χ1v) is 6.56. The van der Waals surface area contributed by atoms with Crippen molar-refractivity contribution in [3.8, 4) is 5.75 Å². The smallest absolute Gasteiger partial charge is 0.307 e. The topological polar surface area (TPSA) is 64.4 Å². The normalized spacial score (nSPS) is 10.5. The van der Waals surface area contributed by atoms with Gasteiger partial charge in [-0.3, -0.25) is 9.48 Å². The fourth-order valence-electron chi connectivity index (χ4n) is 2.09. The second-order valence-corrected chi connectivity index (χ2v) is 4.56. The van der Waals surface area contributed by atoms with Crippen LogP contribution in [-0.4, -0.2) is 20.9 Å². The van der Waals surface area contributed by atoms with E-state index < -0.39 is 5.97 Å². The lowest BCUT2D eigenvalue weighted by atomic mass is 10.1. The Morgan fingerprint density at radius 3 is 2.85 bits per heavy atom.